The van der Waals surface area contributed by atoms with Gasteiger partial charge in [0.2, 0.25) is 0 Å². The van der Waals surface area contributed by atoms with Gasteiger partial charge in [-0.1, -0.05) is 24.3 Å². The summed E-state index contributed by atoms with van der Waals surface area (Å²) in [5, 5.41) is 0. The molecular weight excluding hydrogens is 126 g/mol. The van der Waals surface area contributed by atoms with Gasteiger partial charge in [-0.3, -0.25) is 4.84 Å². The zero-order chi connectivity index (χ0) is 6.81. The van der Waals surface area contributed by atoms with E-state index in [4.69, 9.17) is 4.84 Å². The average molecular weight is 137 g/mol. The van der Waals surface area contributed by atoms with Crippen LogP contribution >= 0.6 is 0 Å². The van der Waals surface area contributed by atoms with Crippen molar-refractivity contribution < 1.29 is 4.84 Å². The lowest BCUT2D eigenvalue weighted by molar-refractivity contribution is -0.0516. The molecule has 1 aliphatic heterocycles. The van der Waals surface area contributed by atoms with Crippen molar-refractivity contribution in [2.75, 3.05) is 6.54 Å². The van der Waals surface area contributed by atoms with E-state index in [1.54, 1.807) is 0 Å². The number of hydrogen-bond donors (Lipinski definition) is 1. The minimum absolute atomic E-state index is 0.277. The van der Waals surface area contributed by atoms with Gasteiger partial charge in [0.15, 0.2) is 0 Å². The summed E-state index contributed by atoms with van der Waals surface area (Å²) in [5.74, 6) is 0.603. The molecule has 0 aromatic carbocycles. The van der Waals surface area contributed by atoms with Crippen molar-refractivity contribution in [2.24, 2.45) is 5.92 Å². The summed E-state index contributed by atoms with van der Waals surface area (Å²) >= 11 is 0. The number of fused-ring (bicyclic) bond motifs is 1. The zero-order valence-electron chi connectivity index (χ0n) is 5.79. The maximum absolute atomic E-state index is 5.29. The van der Waals surface area contributed by atoms with Crippen LogP contribution in [0.25, 0.3) is 0 Å². The van der Waals surface area contributed by atoms with Gasteiger partial charge in [0.1, 0.15) is 6.10 Å². The highest BCUT2D eigenvalue weighted by molar-refractivity contribution is 5.15. The van der Waals surface area contributed by atoms with E-state index in [0.717, 1.165) is 6.54 Å². The lowest BCUT2D eigenvalue weighted by Gasteiger charge is -2.28. The van der Waals surface area contributed by atoms with Crippen LogP contribution in [0.1, 0.15) is 6.42 Å². The van der Waals surface area contributed by atoms with Crippen LogP contribution in [0.5, 0.6) is 0 Å². The number of nitrogens with one attached hydrogen (secondary N) is 1. The van der Waals surface area contributed by atoms with E-state index in [0.29, 0.717) is 5.92 Å². The monoisotopic (exact) mass is 137 g/mol. The molecule has 1 saturated heterocycles. The van der Waals surface area contributed by atoms with Crippen LogP contribution in [0.4, 0.5) is 0 Å². The van der Waals surface area contributed by atoms with Gasteiger partial charge < -0.3 is 0 Å². The van der Waals surface area contributed by atoms with E-state index < -0.39 is 0 Å². The molecule has 2 atom stereocenters. The van der Waals surface area contributed by atoms with Crippen molar-refractivity contribution in [3.63, 3.8) is 0 Å². The first-order valence-corrected chi connectivity index (χ1v) is 3.70. The fourth-order valence-electron chi connectivity index (χ4n) is 1.40. The van der Waals surface area contributed by atoms with Crippen molar-refractivity contribution in [1.29, 1.82) is 0 Å². The first-order chi connectivity index (χ1) is 4.97. The third-order valence-electron chi connectivity index (χ3n) is 1.99. The SMILES string of the molecule is C1=CC2CCNOC2C=C1. The lowest BCUT2D eigenvalue weighted by atomic mass is 9.94. The highest BCUT2D eigenvalue weighted by atomic mass is 16.7. The Morgan fingerprint density at radius 1 is 1.30 bits per heavy atom. The molecule has 1 heterocycles. The zero-order valence-corrected chi connectivity index (χ0v) is 5.79. The highest BCUT2D eigenvalue weighted by Gasteiger charge is 2.22. The fraction of sp³-hybridized carbons (Fsp3) is 0.500. The van der Waals surface area contributed by atoms with Crippen LogP contribution in [-0.2, 0) is 4.84 Å². The quantitative estimate of drug-likeness (QED) is 0.538. The molecule has 1 N–H and O–H groups in total. The van der Waals surface area contributed by atoms with Crippen molar-refractivity contribution in [3.8, 4) is 0 Å². The summed E-state index contributed by atoms with van der Waals surface area (Å²) < 4.78 is 0. The topological polar surface area (TPSA) is 21.3 Å². The highest BCUT2D eigenvalue weighted by Crippen LogP contribution is 2.20. The Labute approximate surface area is 60.5 Å². The third-order valence-corrected chi connectivity index (χ3v) is 1.99. The largest absolute Gasteiger partial charge is 0.294 e. The van der Waals surface area contributed by atoms with E-state index >= 15 is 0 Å². The smallest absolute Gasteiger partial charge is 0.104 e. The Morgan fingerprint density at radius 3 is 3.10 bits per heavy atom. The Bertz CT molecular complexity index is 154. The van der Waals surface area contributed by atoms with Crippen LogP contribution in [0.2, 0.25) is 0 Å². The van der Waals surface area contributed by atoms with E-state index in [1.807, 2.05) is 6.08 Å². The van der Waals surface area contributed by atoms with E-state index in [1.165, 1.54) is 6.42 Å². The van der Waals surface area contributed by atoms with Gasteiger partial charge in [-0.15, -0.1) is 0 Å². The van der Waals surface area contributed by atoms with Gasteiger partial charge in [-0.2, -0.15) is 0 Å². The maximum atomic E-state index is 5.29. The molecule has 0 aromatic rings. The summed E-state index contributed by atoms with van der Waals surface area (Å²) in [6.45, 7) is 0.972. The first kappa shape index (κ1) is 6.13. The summed E-state index contributed by atoms with van der Waals surface area (Å²) in [6.07, 6.45) is 9.90. The van der Waals surface area contributed by atoms with E-state index in [9.17, 15) is 0 Å². The van der Waals surface area contributed by atoms with Crippen molar-refractivity contribution in [3.05, 3.63) is 24.3 Å². The van der Waals surface area contributed by atoms with Gasteiger partial charge >= 0.3 is 0 Å². The van der Waals surface area contributed by atoms with Crippen molar-refractivity contribution in [2.45, 2.75) is 12.5 Å². The van der Waals surface area contributed by atoms with E-state index in [-0.39, 0.29) is 6.10 Å². The minimum Gasteiger partial charge on any atom is -0.294 e. The van der Waals surface area contributed by atoms with Gasteiger partial charge in [0.05, 0.1) is 0 Å². The summed E-state index contributed by atoms with van der Waals surface area (Å²) in [7, 11) is 0. The molecule has 0 radical (unpaired) electrons. The number of hydrogen-bond acceptors (Lipinski definition) is 2. The van der Waals surface area contributed by atoms with Crippen LogP contribution in [-0.4, -0.2) is 12.6 Å². The van der Waals surface area contributed by atoms with Crippen LogP contribution < -0.4 is 5.48 Å². The number of rotatable bonds is 0. The number of hydroxylamine groups is 1. The molecule has 1 aliphatic carbocycles. The molecule has 0 aromatic heterocycles. The summed E-state index contributed by atoms with van der Waals surface area (Å²) in [4.78, 5) is 5.29. The van der Waals surface area contributed by atoms with E-state index in [2.05, 4.69) is 23.7 Å². The Morgan fingerprint density at radius 2 is 2.20 bits per heavy atom. The second-order valence-electron chi connectivity index (χ2n) is 2.70. The van der Waals surface area contributed by atoms with Gasteiger partial charge in [0.25, 0.3) is 0 Å². The normalized spacial score (nSPS) is 37.6. The molecule has 54 valence electrons. The fourth-order valence-corrected chi connectivity index (χ4v) is 1.40. The Kier molecular flexibility index (Phi) is 1.57. The molecule has 2 aliphatic rings. The standard InChI is InChI=1S/C8H11NO/c1-2-4-8-7(3-1)5-6-9-10-8/h1-4,7-9H,5-6H2. The Hall–Kier alpha value is -0.600. The van der Waals surface area contributed by atoms with Crippen molar-refractivity contribution in [1.82, 2.24) is 5.48 Å². The Balaban J connectivity index is 2.09. The van der Waals surface area contributed by atoms with Crippen molar-refractivity contribution >= 4 is 0 Å². The van der Waals surface area contributed by atoms with Gasteiger partial charge in [-0.25, -0.2) is 5.48 Å². The molecular formula is C8H11NO. The second-order valence-corrected chi connectivity index (χ2v) is 2.70. The minimum atomic E-state index is 0.277. The second kappa shape index (κ2) is 2.56. The number of allylic oxidation sites excluding steroid dienone is 2. The molecule has 10 heavy (non-hydrogen) atoms. The third kappa shape index (κ3) is 1.00. The average Bonchev–Trinajstić information content (AvgIpc) is 2.05. The molecule has 2 unspecified atom stereocenters. The lowest BCUT2D eigenvalue weighted by Crippen LogP contribution is -2.37. The van der Waals surface area contributed by atoms with Crippen LogP contribution in [0, 0.1) is 5.92 Å². The predicted octanol–water partition coefficient (Wildman–Crippen LogP) is 1.02. The predicted molar refractivity (Wildman–Crippen MR) is 39.3 cm³/mol. The molecule has 1 fully saturated rings. The first-order valence-electron chi connectivity index (χ1n) is 3.70. The maximum Gasteiger partial charge on any atom is 0.104 e. The molecule has 2 heteroatoms. The molecule has 2 nitrogen and oxygen atoms in total. The molecule has 0 saturated carbocycles. The van der Waals surface area contributed by atoms with Gasteiger partial charge in [0, 0.05) is 12.5 Å². The summed E-state index contributed by atoms with van der Waals surface area (Å²) in [6, 6.07) is 0. The molecule has 0 bridgehead atoms. The van der Waals surface area contributed by atoms with Crippen LogP contribution in [0.3, 0.4) is 0 Å². The molecule has 0 amide bonds. The molecule has 0 spiro atoms. The molecule has 2 rings (SSSR count). The summed E-state index contributed by atoms with van der Waals surface area (Å²) in [5.41, 5.74) is 2.90. The van der Waals surface area contributed by atoms with Crippen LogP contribution in [0.15, 0.2) is 24.3 Å². The van der Waals surface area contributed by atoms with Gasteiger partial charge in [-0.05, 0) is 6.42 Å².